The molecule has 0 aliphatic heterocycles. The van der Waals surface area contributed by atoms with Crippen LogP contribution in [0.5, 0.6) is 0 Å². The highest BCUT2D eigenvalue weighted by Crippen LogP contribution is 2.14. The molecule has 0 atom stereocenters. The van der Waals surface area contributed by atoms with E-state index in [4.69, 9.17) is 0 Å². The fourth-order valence-electron chi connectivity index (χ4n) is 1.84. The normalized spacial score (nSPS) is 10.8. The summed E-state index contributed by atoms with van der Waals surface area (Å²) in [5.74, 6) is 0. The van der Waals surface area contributed by atoms with Gasteiger partial charge in [-0.1, -0.05) is 61.9 Å². The van der Waals surface area contributed by atoms with Gasteiger partial charge in [-0.2, -0.15) is 5.10 Å². The minimum absolute atomic E-state index is 0.948. The number of nitrogens with zero attached hydrogens (tertiary/aromatic N) is 2. The zero-order chi connectivity index (χ0) is 13.3. The number of hydrogen-bond acceptors (Lipinski definition) is 2. The molecule has 2 aromatic carbocycles. The minimum Gasteiger partial charge on any atom is -0.266 e. The van der Waals surface area contributed by atoms with Crippen molar-refractivity contribution in [3.8, 4) is 0 Å². The smallest absolute Gasteiger partial charge is 0.0593 e. The van der Waals surface area contributed by atoms with Gasteiger partial charge in [-0.3, -0.25) is 5.01 Å². The molecular weight excluding hydrogens is 232 g/mol. The Morgan fingerprint density at radius 2 is 1.58 bits per heavy atom. The van der Waals surface area contributed by atoms with Gasteiger partial charge < -0.3 is 0 Å². The lowest BCUT2D eigenvalue weighted by atomic mass is 10.2. The zero-order valence-electron chi connectivity index (χ0n) is 11.4. The summed E-state index contributed by atoms with van der Waals surface area (Å²) in [6, 6.07) is 20.5. The fourth-order valence-corrected chi connectivity index (χ4v) is 1.84. The second-order valence-electron chi connectivity index (χ2n) is 4.47. The maximum absolute atomic E-state index is 4.61. The van der Waals surface area contributed by atoms with E-state index in [-0.39, 0.29) is 0 Å². The van der Waals surface area contributed by atoms with Crippen molar-refractivity contribution in [3.63, 3.8) is 0 Å². The molecule has 0 amide bonds. The van der Waals surface area contributed by atoms with Crippen LogP contribution in [0.15, 0.2) is 65.8 Å². The van der Waals surface area contributed by atoms with E-state index in [2.05, 4.69) is 41.3 Å². The van der Waals surface area contributed by atoms with Gasteiger partial charge >= 0.3 is 0 Å². The summed E-state index contributed by atoms with van der Waals surface area (Å²) >= 11 is 0. The van der Waals surface area contributed by atoms with Crippen LogP contribution in [-0.2, 0) is 0 Å². The Morgan fingerprint density at radius 1 is 0.947 bits per heavy atom. The molecule has 0 bridgehead atoms. The molecule has 2 nitrogen and oxygen atoms in total. The van der Waals surface area contributed by atoms with Crippen LogP contribution >= 0.6 is 0 Å². The van der Waals surface area contributed by atoms with Crippen molar-refractivity contribution in [2.45, 2.75) is 19.8 Å². The summed E-state index contributed by atoms with van der Waals surface area (Å²) in [7, 11) is 0. The van der Waals surface area contributed by atoms with E-state index in [0.717, 1.165) is 24.2 Å². The Balaban J connectivity index is 2.12. The third-order valence-electron chi connectivity index (χ3n) is 2.92. The van der Waals surface area contributed by atoms with Crippen molar-refractivity contribution in [2.24, 2.45) is 5.10 Å². The second-order valence-corrected chi connectivity index (χ2v) is 4.47. The second kappa shape index (κ2) is 7.37. The molecule has 0 aliphatic rings. The molecule has 2 aromatic rings. The van der Waals surface area contributed by atoms with E-state index in [1.165, 1.54) is 6.42 Å². The van der Waals surface area contributed by atoms with E-state index in [1.807, 2.05) is 42.6 Å². The summed E-state index contributed by atoms with van der Waals surface area (Å²) in [4.78, 5) is 0. The van der Waals surface area contributed by atoms with Crippen LogP contribution in [0, 0.1) is 0 Å². The van der Waals surface area contributed by atoms with Crippen LogP contribution in [0.1, 0.15) is 25.3 Å². The number of benzene rings is 2. The van der Waals surface area contributed by atoms with Gasteiger partial charge in [-0.15, -0.1) is 0 Å². The molecule has 0 aromatic heterocycles. The van der Waals surface area contributed by atoms with Crippen LogP contribution < -0.4 is 5.01 Å². The van der Waals surface area contributed by atoms with Crippen molar-refractivity contribution < 1.29 is 0 Å². The molecule has 0 radical (unpaired) electrons. The third kappa shape index (κ3) is 4.25. The maximum atomic E-state index is 4.61. The van der Waals surface area contributed by atoms with E-state index in [9.17, 15) is 0 Å². The molecule has 0 spiro atoms. The molecule has 98 valence electrons. The Hall–Kier alpha value is -2.09. The topological polar surface area (TPSA) is 15.6 Å². The van der Waals surface area contributed by atoms with Crippen molar-refractivity contribution >= 4 is 11.9 Å². The molecule has 0 fully saturated rings. The highest BCUT2D eigenvalue weighted by Gasteiger charge is 2.02. The van der Waals surface area contributed by atoms with Gasteiger partial charge in [0.2, 0.25) is 0 Å². The maximum Gasteiger partial charge on any atom is 0.0593 e. The summed E-state index contributed by atoms with van der Waals surface area (Å²) in [5, 5.41) is 6.68. The Morgan fingerprint density at radius 3 is 2.21 bits per heavy atom. The predicted molar refractivity (Wildman–Crippen MR) is 82.7 cm³/mol. The first kappa shape index (κ1) is 13.3. The number of hydrogen-bond donors (Lipinski definition) is 0. The van der Waals surface area contributed by atoms with Crippen molar-refractivity contribution in [1.29, 1.82) is 0 Å². The lowest BCUT2D eigenvalue weighted by molar-refractivity contribution is 0.741. The highest BCUT2D eigenvalue weighted by atomic mass is 15.4. The standard InChI is InChI=1S/C17H20N2/c1-2-3-14-19(17-12-8-5-9-13-17)18-15-16-10-6-4-7-11-16/h4-13,15H,2-3,14H2,1H3. The zero-order valence-corrected chi connectivity index (χ0v) is 11.4. The minimum atomic E-state index is 0.948. The lowest BCUT2D eigenvalue weighted by Crippen LogP contribution is -2.17. The number of unbranched alkanes of at least 4 members (excludes halogenated alkanes) is 1. The van der Waals surface area contributed by atoms with E-state index in [1.54, 1.807) is 0 Å². The van der Waals surface area contributed by atoms with Gasteiger partial charge in [0.15, 0.2) is 0 Å². The molecule has 0 saturated carbocycles. The summed E-state index contributed by atoms with van der Waals surface area (Å²) in [6.07, 6.45) is 4.23. The van der Waals surface area contributed by atoms with E-state index < -0.39 is 0 Å². The molecule has 0 aliphatic carbocycles. The molecule has 19 heavy (non-hydrogen) atoms. The van der Waals surface area contributed by atoms with Gasteiger partial charge in [0.05, 0.1) is 11.9 Å². The van der Waals surface area contributed by atoms with Crippen LogP contribution in [0.4, 0.5) is 5.69 Å². The number of hydrazone groups is 1. The molecule has 0 unspecified atom stereocenters. The van der Waals surface area contributed by atoms with Crippen molar-refractivity contribution in [2.75, 3.05) is 11.6 Å². The largest absolute Gasteiger partial charge is 0.266 e. The van der Waals surface area contributed by atoms with Gasteiger partial charge in [-0.05, 0) is 24.1 Å². The summed E-state index contributed by atoms with van der Waals surface area (Å²) < 4.78 is 0. The highest BCUT2D eigenvalue weighted by molar-refractivity contribution is 5.80. The average molecular weight is 252 g/mol. The number of rotatable bonds is 6. The molecule has 2 heteroatoms. The van der Waals surface area contributed by atoms with E-state index in [0.29, 0.717) is 0 Å². The SMILES string of the molecule is CCCCN(N=Cc1ccccc1)c1ccccc1. The van der Waals surface area contributed by atoms with Crippen LogP contribution in [0.25, 0.3) is 0 Å². The first-order valence-corrected chi connectivity index (χ1v) is 6.82. The van der Waals surface area contributed by atoms with Crippen LogP contribution in [0.2, 0.25) is 0 Å². The molecular formula is C17H20N2. The fraction of sp³-hybridized carbons (Fsp3) is 0.235. The number of anilines is 1. The Labute approximate surface area is 115 Å². The first-order valence-electron chi connectivity index (χ1n) is 6.82. The predicted octanol–water partition coefficient (Wildman–Crippen LogP) is 4.33. The summed E-state index contributed by atoms with van der Waals surface area (Å²) in [5.41, 5.74) is 2.27. The molecule has 0 N–H and O–H groups in total. The third-order valence-corrected chi connectivity index (χ3v) is 2.92. The lowest BCUT2D eigenvalue weighted by Gasteiger charge is -2.18. The summed E-state index contributed by atoms with van der Waals surface area (Å²) in [6.45, 7) is 3.15. The monoisotopic (exact) mass is 252 g/mol. The van der Waals surface area contributed by atoms with Crippen molar-refractivity contribution in [1.82, 2.24) is 0 Å². The first-order chi connectivity index (χ1) is 9.40. The van der Waals surface area contributed by atoms with Crippen LogP contribution in [-0.4, -0.2) is 12.8 Å². The molecule has 0 saturated heterocycles. The molecule has 0 heterocycles. The Kier molecular flexibility index (Phi) is 5.17. The quantitative estimate of drug-likeness (QED) is 0.552. The number of para-hydroxylation sites is 1. The van der Waals surface area contributed by atoms with Crippen molar-refractivity contribution in [3.05, 3.63) is 66.2 Å². The Bertz CT molecular complexity index is 491. The van der Waals surface area contributed by atoms with Gasteiger partial charge in [0, 0.05) is 6.54 Å². The molecule has 2 rings (SSSR count). The van der Waals surface area contributed by atoms with Gasteiger partial charge in [0.25, 0.3) is 0 Å². The average Bonchev–Trinajstić information content (AvgIpc) is 2.49. The van der Waals surface area contributed by atoms with E-state index >= 15 is 0 Å². The van der Waals surface area contributed by atoms with Gasteiger partial charge in [0.1, 0.15) is 0 Å². The van der Waals surface area contributed by atoms with Crippen LogP contribution in [0.3, 0.4) is 0 Å². The van der Waals surface area contributed by atoms with Gasteiger partial charge in [-0.25, -0.2) is 0 Å².